The van der Waals surface area contributed by atoms with Crippen molar-refractivity contribution in [2.75, 3.05) is 32.7 Å². The SMILES string of the molecule is CC1(CN)CCN(CCC(=O)NCC2CCCCC2)C1. The second-order valence-corrected chi connectivity index (χ2v) is 7.10. The molecule has 0 aromatic carbocycles. The Balaban J connectivity index is 1.58. The standard InChI is InChI=1S/C16H31N3O/c1-16(12-17)8-10-19(13-16)9-7-15(20)18-11-14-5-3-2-4-6-14/h14H,2-13,17H2,1H3,(H,18,20). The Morgan fingerprint density at radius 1 is 1.35 bits per heavy atom. The van der Waals surface area contributed by atoms with Crippen molar-refractivity contribution in [1.29, 1.82) is 0 Å². The zero-order valence-electron chi connectivity index (χ0n) is 13.0. The van der Waals surface area contributed by atoms with E-state index in [1.165, 1.54) is 32.1 Å². The van der Waals surface area contributed by atoms with Gasteiger partial charge in [0.25, 0.3) is 0 Å². The van der Waals surface area contributed by atoms with E-state index < -0.39 is 0 Å². The lowest BCUT2D eigenvalue weighted by molar-refractivity contribution is -0.121. The van der Waals surface area contributed by atoms with E-state index in [2.05, 4.69) is 17.1 Å². The molecule has 1 aliphatic carbocycles. The summed E-state index contributed by atoms with van der Waals surface area (Å²) < 4.78 is 0. The zero-order chi connectivity index (χ0) is 14.4. The van der Waals surface area contributed by atoms with Gasteiger partial charge in [-0.25, -0.2) is 0 Å². The zero-order valence-corrected chi connectivity index (χ0v) is 13.0. The van der Waals surface area contributed by atoms with Crippen LogP contribution in [0.15, 0.2) is 0 Å². The number of likely N-dealkylation sites (tertiary alicyclic amines) is 1. The van der Waals surface area contributed by atoms with E-state index in [1.807, 2.05) is 0 Å². The van der Waals surface area contributed by atoms with Crippen LogP contribution >= 0.6 is 0 Å². The largest absolute Gasteiger partial charge is 0.356 e. The van der Waals surface area contributed by atoms with Crippen molar-refractivity contribution in [2.24, 2.45) is 17.1 Å². The Morgan fingerprint density at radius 3 is 2.75 bits per heavy atom. The van der Waals surface area contributed by atoms with Gasteiger partial charge in [0.15, 0.2) is 0 Å². The van der Waals surface area contributed by atoms with Crippen molar-refractivity contribution in [1.82, 2.24) is 10.2 Å². The van der Waals surface area contributed by atoms with E-state index in [0.29, 0.717) is 6.42 Å². The minimum Gasteiger partial charge on any atom is -0.356 e. The maximum atomic E-state index is 11.9. The highest BCUT2D eigenvalue weighted by atomic mass is 16.1. The summed E-state index contributed by atoms with van der Waals surface area (Å²) in [6, 6.07) is 0. The molecule has 1 unspecified atom stereocenters. The maximum Gasteiger partial charge on any atom is 0.221 e. The van der Waals surface area contributed by atoms with E-state index in [0.717, 1.165) is 45.1 Å². The van der Waals surface area contributed by atoms with Crippen LogP contribution < -0.4 is 11.1 Å². The predicted molar refractivity (Wildman–Crippen MR) is 82.4 cm³/mol. The highest BCUT2D eigenvalue weighted by molar-refractivity contribution is 5.76. The number of rotatable bonds is 6. The first-order chi connectivity index (χ1) is 9.61. The van der Waals surface area contributed by atoms with Gasteiger partial charge in [-0.1, -0.05) is 26.2 Å². The normalized spacial score (nSPS) is 28.7. The monoisotopic (exact) mass is 281 g/mol. The number of carbonyl (C=O) groups excluding carboxylic acids is 1. The summed E-state index contributed by atoms with van der Waals surface area (Å²) in [5, 5.41) is 3.12. The van der Waals surface area contributed by atoms with E-state index in [9.17, 15) is 4.79 Å². The van der Waals surface area contributed by atoms with Gasteiger partial charge in [0, 0.05) is 26.1 Å². The molecule has 2 rings (SSSR count). The molecule has 1 heterocycles. The van der Waals surface area contributed by atoms with Crippen LogP contribution in [0.3, 0.4) is 0 Å². The summed E-state index contributed by atoms with van der Waals surface area (Å²) in [5.41, 5.74) is 6.07. The molecule has 4 nitrogen and oxygen atoms in total. The Morgan fingerprint density at radius 2 is 2.10 bits per heavy atom. The van der Waals surface area contributed by atoms with Crippen molar-refractivity contribution in [3.8, 4) is 0 Å². The highest BCUT2D eigenvalue weighted by Crippen LogP contribution is 2.28. The Kier molecular flexibility index (Phi) is 5.85. The smallest absolute Gasteiger partial charge is 0.221 e. The minimum atomic E-state index is 0.219. The molecule has 2 aliphatic rings. The van der Waals surface area contributed by atoms with Crippen molar-refractivity contribution >= 4 is 5.91 Å². The third kappa shape index (κ3) is 4.74. The lowest BCUT2D eigenvalue weighted by atomic mass is 9.89. The molecule has 4 heteroatoms. The van der Waals surface area contributed by atoms with Gasteiger partial charge < -0.3 is 16.0 Å². The van der Waals surface area contributed by atoms with Crippen molar-refractivity contribution in [3.63, 3.8) is 0 Å². The number of amides is 1. The van der Waals surface area contributed by atoms with E-state index in [-0.39, 0.29) is 11.3 Å². The predicted octanol–water partition coefficient (Wildman–Crippen LogP) is 1.74. The maximum absolute atomic E-state index is 11.9. The van der Waals surface area contributed by atoms with Crippen LogP contribution in [0.2, 0.25) is 0 Å². The van der Waals surface area contributed by atoms with Crippen LogP contribution in [0.1, 0.15) is 51.9 Å². The number of carbonyl (C=O) groups is 1. The quantitative estimate of drug-likeness (QED) is 0.780. The molecule has 1 aliphatic heterocycles. The summed E-state index contributed by atoms with van der Waals surface area (Å²) in [6.45, 7) is 6.89. The molecule has 0 bridgehead atoms. The van der Waals surface area contributed by atoms with Crippen molar-refractivity contribution in [3.05, 3.63) is 0 Å². The highest BCUT2D eigenvalue weighted by Gasteiger charge is 2.32. The molecule has 20 heavy (non-hydrogen) atoms. The molecule has 0 spiro atoms. The third-order valence-electron chi connectivity index (χ3n) is 5.10. The lowest BCUT2D eigenvalue weighted by Crippen LogP contribution is -2.35. The summed E-state index contributed by atoms with van der Waals surface area (Å²) >= 11 is 0. The molecule has 0 aromatic rings. The van der Waals surface area contributed by atoms with Crippen LogP contribution in [-0.4, -0.2) is 43.5 Å². The van der Waals surface area contributed by atoms with Crippen LogP contribution in [0.4, 0.5) is 0 Å². The average Bonchev–Trinajstić information content (AvgIpc) is 2.86. The van der Waals surface area contributed by atoms with E-state index in [1.54, 1.807) is 0 Å². The summed E-state index contributed by atoms with van der Waals surface area (Å²) in [5.74, 6) is 0.942. The number of nitrogens with two attached hydrogens (primary N) is 1. The van der Waals surface area contributed by atoms with Crippen molar-refractivity contribution in [2.45, 2.75) is 51.9 Å². The second-order valence-electron chi connectivity index (χ2n) is 7.10. The topological polar surface area (TPSA) is 58.4 Å². The molecule has 1 amide bonds. The molecule has 1 atom stereocenters. The van der Waals surface area contributed by atoms with Gasteiger partial charge in [0.1, 0.15) is 0 Å². The second kappa shape index (κ2) is 7.41. The lowest BCUT2D eigenvalue weighted by Gasteiger charge is -2.23. The molecule has 1 saturated carbocycles. The van der Waals surface area contributed by atoms with Gasteiger partial charge in [-0.3, -0.25) is 4.79 Å². The molecular formula is C16H31N3O. The fourth-order valence-corrected chi connectivity index (χ4v) is 3.48. The Bertz CT molecular complexity index is 315. The first kappa shape index (κ1) is 15.8. The first-order valence-electron chi connectivity index (χ1n) is 8.30. The van der Waals surface area contributed by atoms with Gasteiger partial charge in [-0.2, -0.15) is 0 Å². The minimum absolute atomic E-state index is 0.219. The van der Waals surface area contributed by atoms with E-state index in [4.69, 9.17) is 5.73 Å². The van der Waals surface area contributed by atoms with Gasteiger partial charge in [-0.15, -0.1) is 0 Å². The molecule has 116 valence electrons. The van der Waals surface area contributed by atoms with Crippen LogP contribution in [0, 0.1) is 11.3 Å². The average molecular weight is 281 g/mol. The van der Waals surface area contributed by atoms with E-state index >= 15 is 0 Å². The first-order valence-corrected chi connectivity index (χ1v) is 8.30. The molecular weight excluding hydrogens is 250 g/mol. The Hall–Kier alpha value is -0.610. The van der Waals surface area contributed by atoms with Gasteiger partial charge in [0.05, 0.1) is 0 Å². The third-order valence-corrected chi connectivity index (χ3v) is 5.10. The Labute approximate surface area is 123 Å². The summed E-state index contributed by atoms with van der Waals surface area (Å²) in [6.07, 6.45) is 8.43. The fraction of sp³-hybridized carbons (Fsp3) is 0.938. The molecule has 0 radical (unpaired) electrons. The van der Waals surface area contributed by atoms with Crippen LogP contribution in [-0.2, 0) is 4.79 Å². The summed E-state index contributed by atoms with van der Waals surface area (Å²) in [7, 11) is 0. The van der Waals surface area contributed by atoms with Crippen LogP contribution in [0.5, 0.6) is 0 Å². The van der Waals surface area contributed by atoms with Crippen molar-refractivity contribution < 1.29 is 4.79 Å². The molecule has 2 fully saturated rings. The molecule has 1 saturated heterocycles. The number of hydrogen-bond donors (Lipinski definition) is 2. The summed E-state index contributed by atoms with van der Waals surface area (Å²) in [4.78, 5) is 14.3. The van der Waals surface area contributed by atoms with Gasteiger partial charge in [0.2, 0.25) is 5.91 Å². The number of nitrogens with zero attached hydrogens (tertiary/aromatic N) is 1. The fourth-order valence-electron chi connectivity index (χ4n) is 3.48. The number of nitrogens with one attached hydrogen (secondary N) is 1. The van der Waals surface area contributed by atoms with Gasteiger partial charge in [-0.05, 0) is 43.7 Å². The molecule has 0 aromatic heterocycles. The van der Waals surface area contributed by atoms with Gasteiger partial charge >= 0.3 is 0 Å². The molecule has 3 N–H and O–H groups in total. The van der Waals surface area contributed by atoms with Crippen LogP contribution in [0.25, 0.3) is 0 Å². The number of hydrogen-bond acceptors (Lipinski definition) is 3.